The summed E-state index contributed by atoms with van der Waals surface area (Å²) < 4.78 is 5.66. The zero-order valence-electron chi connectivity index (χ0n) is 14.3. The molecule has 1 fully saturated rings. The number of urea groups is 1. The van der Waals surface area contributed by atoms with E-state index >= 15 is 0 Å². The first-order chi connectivity index (χ1) is 10.2. The van der Waals surface area contributed by atoms with Gasteiger partial charge in [-0.15, -0.1) is 11.3 Å². The Kier molecular flexibility index (Phi) is 5.12. The highest BCUT2D eigenvalue weighted by Gasteiger charge is 2.27. The van der Waals surface area contributed by atoms with Crippen LogP contribution in [0.4, 0.5) is 4.79 Å². The van der Waals surface area contributed by atoms with E-state index in [1.54, 1.807) is 11.3 Å². The number of hydrogen-bond acceptors (Lipinski definition) is 4. The summed E-state index contributed by atoms with van der Waals surface area (Å²) in [5.41, 5.74) is 1.11. The number of ether oxygens (including phenoxy) is 1. The summed E-state index contributed by atoms with van der Waals surface area (Å²) in [6, 6.07) is -0.121. The van der Waals surface area contributed by atoms with Crippen LogP contribution in [-0.2, 0) is 10.2 Å². The molecular formula is C16H27N3O2S. The fourth-order valence-electron chi connectivity index (χ4n) is 2.51. The molecule has 3 atom stereocenters. The van der Waals surface area contributed by atoms with Crippen LogP contribution < -0.4 is 5.32 Å². The van der Waals surface area contributed by atoms with Gasteiger partial charge in [0.05, 0.1) is 23.9 Å². The monoisotopic (exact) mass is 325 g/mol. The fourth-order valence-corrected chi connectivity index (χ4v) is 3.57. The highest BCUT2D eigenvalue weighted by molar-refractivity contribution is 7.09. The van der Waals surface area contributed by atoms with E-state index in [1.165, 1.54) is 0 Å². The van der Waals surface area contributed by atoms with Crippen molar-refractivity contribution >= 4 is 17.4 Å². The normalized spacial score (nSPS) is 24.2. The van der Waals surface area contributed by atoms with Crippen LogP contribution in [0.15, 0.2) is 5.38 Å². The number of carbonyl (C=O) groups is 1. The third-order valence-electron chi connectivity index (χ3n) is 3.71. The molecule has 0 bridgehead atoms. The van der Waals surface area contributed by atoms with Crippen LogP contribution in [0, 0.1) is 0 Å². The summed E-state index contributed by atoms with van der Waals surface area (Å²) in [7, 11) is 0. The van der Waals surface area contributed by atoms with Crippen LogP contribution in [-0.4, -0.2) is 41.2 Å². The minimum absolute atomic E-state index is 0.0353. The first-order valence-electron chi connectivity index (χ1n) is 7.83. The van der Waals surface area contributed by atoms with Crippen LogP contribution in [0.2, 0.25) is 0 Å². The van der Waals surface area contributed by atoms with E-state index in [9.17, 15) is 4.79 Å². The number of aromatic nitrogens is 1. The van der Waals surface area contributed by atoms with Gasteiger partial charge in [0.2, 0.25) is 0 Å². The van der Waals surface area contributed by atoms with Crippen LogP contribution in [0.25, 0.3) is 0 Å². The number of amides is 2. The molecule has 0 aliphatic carbocycles. The van der Waals surface area contributed by atoms with E-state index in [-0.39, 0.29) is 29.7 Å². The van der Waals surface area contributed by atoms with Crippen LogP contribution in [0.3, 0.4) is 0 Å². The molecule has 0 radical (unpaired) electrons. The molecular weight excluding hydrogens is 298 g/mol. The van der Waals surface area contributed by atoms with Gasteiger partial charge in [0.1, 0.15) is 5.01 Å². The van der Waals surface area contributed by atoms with Crippen LogP contribution in [0.5, 0.6) is 0 Å². The van der Waals surface area contributed by atoms with Crippen molar-refractivity contribution in [3.63, 3.8) is 0 Å². The molecule has 1 N–H and O–H groups in total. The quantitative estimate of drug-likeness (QED) is 0.907. The van der Waals surface area contributed by atoms with Crippen LogP contribution in [0.1, 0.15) is 58.3 Å². The number of rotatable bonds is 2. The summed E-state index contributed by atoms with van der Waals surface area (Å²) in [5.74, 6) is 0. The van der Waals surface area contributed by atoms with Gasteiger partial charge in [-0.3, -0.25) is 0 Å². The van der Waals surface area contributed by atoms with Gasteiger partial charge in [-0.25, -0.2) is 9.78 Å². The molecule has 6 heteroatoms. The molecule has 1 aromatic rings. The predicted molar refractivity (Wildman–Crippen MR) is 89.3 cm³/mol. The molecule has 3 unspecified atom stereocenters. The van der Waals surface area contributed by atoms with Gasteiger partial charge in [0.15, 0.2) is 0 Å². The topological polar surface area (TPSA) is 54.5 Å². The highest BCUT2D eigenvalue weighted by Crippen LogP contribution is 2.26. The van der Waals surface area contributed by atoms with Gasteiger partial charge in [-0.05, 0) is 20.8 Å². The molecule has 1 aromatic heterocycles. The van der Waals surface area contributed by atoms with Crippen molar-refractivity contribution in [3.05, 3.63) is 16.1 Å². The maximum Gasteiger partial charge on any atom is 0.318 e. The summed E-state index contributed by atoms with van der Waals surface area (Å²) >= 11 is 1.61. The molecule has 124 valence electrons. The molecule has 22 heavy (non-hydrogen) atoms. The van der Waals surface area contributed by atoms with Gasteiger partial charge in [-0.1, -0.05) is 20.8 Å². The molecule has 0 saturated carbocycles. The maximum atomic E-state index is 12.4. The summed E-state index contributed by atoms with van der Waals surface area (Å²) in [4.78, 5) is 18.9. The standard InChI is InChI=1S/C16H27N3O2S/c1-10-7-19(8-11(2)21-10)15(20)17-12(3)14-18-13(9-22-14)16(4,5)6/h9-12H,7-8H2,1-6H3,(H,17,20). The van der Waals surface area contributed by atoms with E-state index in [0.717, 1.165) is 10.7 Å². The van der Waals surface area contributed by atoms with E-state index in [0.29, 0.717) is 13.1 Å². The lowest BCUT2D eigenvalue weighted by molar-refractivity contribution is -0.0547. The van der Waals surface area contributed by atoms with Gasteiger partial charge >= 0.3 is 6.03 Å². The third kappa shape index (κ3) is 4.20. The smallest absolute Gasteiger partial charge is 0.318 e. The second-order valence-electron chi connectivity index (χ2n) is 7.15. The largest absolute Gasteiger partial charge is 0.372 e. The van der Waals surface area contributed by atoms with Gasteiger partial charge < -0.3 is 15.0 Å². The minimum Gasteiger partial charge on any atom is -0.372 e. The van der Waals surface area contributed by atoms with Crippen molar-refractivity contribution < 1.29 is 9.53 Å². The Morgan fingerprint density at radius 2 is 2.00 bits per heavy atom. The molecule has 0 aromatic carbocycles. The first-order valence-corrected chi connectivity index (χ1v) is 8.71. The summed E-state index contributed by atoms with van der Waals surface area (Å²) in [5, 5.41) is 6.08. The predicted octanol–water partition coefficient (Wildman–Crippen LogP) is 3.32. The van der Waals surface area contributed by atoms with Gasteiger partial charge in [0.25, 0.3) is 0 Å². The van der Waals surface area contributed by atoms with E-state index in [2.05, 4.69) is 36.5 Å². The van der Waals surface area contributed by atoms with Crippen molar-refractivity contribution in [2.75, 3.05) is 13.1 Å². The first kappa shape index (κ1) is 17.2. The Morgan fingerprint density at radius 1 is 1.41 bits per heavy atom. The maximum absolute atomic E-state index is 12.4. The van der Waals surface area contributed by atoms with Crippen LogP contribution >= 0.6 is 11.3 Å². The second-order valence-corrected chi connectivity index (χ2v) is 8.04. The molecule has 1 aliphatic heterocycles. The van der Waals surface area contributed by atoms with Crippen molar-refractivity contribution in [2.24, 2.45) is 0 Å². The molecule has 1 aliphatic rings. The lowest BCUT2D eigenvalue weighted by Gasteiger charge is -2.35. The highest BCUT2D eigenvalue weighted by atomic mass is 32.1. The molecule has 2 heterocycles. The molecule has 1 saturated heterocycles. The number of hydrogen-bond donors (Lipinski definition) is 1. The van der Waals surface area contributed by atoms with E-state index < -0.39 is 0 Å². The number of nitrogens with zero attached hydrogens (tertiary/aromatic N) is 2. The Bertz CT molecular complexity index is 514. The second kappa shape index (κ2) is 6.54. The van der Waals surface area contributed by atoms with Crippen molar-refractivity contribution in [3.8, 4) is 0 Å². The van der Waals surface area contributed by atoms with Crippen molar-refractivity contribution in [2.45, 2.75) is 65.2 Å². The van der Waals surface area contributed by atoms with Crippen molar-refractivity contribution in [1.82, 2.24) is 15.2 Å². The Morgan fingerprint density at radius 3 is 2.50 bits per heavy atom. The van der Waals surface area contributed by atoms with E-state index in [4.69, 9.17) is 4.74 Å². The SMILES string of the molecule is CC1CN(C(=O)NC(C)c2nc(C(C)(C)C)cs2)CC(C)O1. The zero-order valence-corrected chi connectivity index (χ0v) is 15.2. The fraction of sp³-hybridized carbons (Fsp3) is 0.750. The average Bonchev–Trinajstić information content (AvgIpc) is 2.86. The number of carbonyl (C=O) groups excluding carboxylic acids is 1. The Labute approximate surface area is 137 Å². The minimum atomic E-state index is -0.0814. The van der Waals surface area contributed by atoms with E-state index in [1.807, 2.05) is 25.7 Å². The molecule has 5 nitrogen and oxygen atoms in total. The summed E-state index contributed by atoms with van der Waals surface area (Å²) in [6.07, 6.45) is 0.161. The number of nitrogens with one attached hydrogen (secondary N) is 1. The van der Waals surface area contributed by atoms with Crippen molar-refractivity contribution in [1.29, 1.82) is 0 Å². The number of thiazole rings is 1. The zero-order chi connectivity index (χ0) is 16.5. The number of morpholine rings is 1. The lowest BCUT2D eigenvalue weighted by atomic mass is 9.93. The Balaban J connectivity index is 1.97. The third-order valence-corrected chi connectivity index (χ3v) is 4.74. The summed E-state index contributed by atoms with van der Waals surface area (Å²) in [6.45, 7) is 13.7. The van der Waals surface area contributed by atoms with Gasteiger partial charge in [-0.2, -0.15) is 0 Å². The average molecular weight is 325 g/mol. The molecule has 2 amide bonds. The van der Waals surface area contributed by atoms with Gasteiger partial charge in [0, 0.05) is 23.9 Å². The Hall–Kier alpha value is -1.14. The molecule has 2 rings (SSSR count). The molecule has 0 spiro atoms. The lowest BCUT2D eigenvalue weighted by Crippen LogP contribution is -2.52.